The lowest BCUT2D eigenvalue weighted by Crippen LogP contribution is -2.40. The van der Waals surface area contributed by atoms with E-state index >= 15 is 0 Å². The van der Waals surface area contributed by atoms with Crippen molar-refractivity contribution in [3.05, 3.63) is 23.5 Å². The predicted molar refractivity (Wildman–Crippen MR) is 70.8 cm³/mol. The Kier molecular flexibility index (Phi) is 3.68. The highest BCUT2D eigenvalue weighted by molar-refractivity contribution is 7.15. The number of thiazole rings is 1. The Bertz CT molecular complexity index is 520. The van der Waals surface area contributed by atoms with Crippen molar-refractivity contribution in [3.63, 3.8) is 0 Å². The molecule has 0 bridgehead atoms. The van der Waals surface area contributed by atoms with Gasteiger partial charge in [0.2, 0.25) is 0 Å². The van der Waals surface area contributed by atoms with Gasteiger partial charge in [-0.2, -0.15) is 0 Å². The first-order chi connectivity index (χ1) is 8.61. The average Bonchev–Trinajstić information content (AvgIpc) is 2.88. The van der Waals surface area contributed by atoms with Crippen molar-refractivity contribution < 1.29 is 9.90 Å². The number of carboxylic acids is 1. The van der Waals surface area contributed by atoms with Gasteiger partial charge in [0.15, 0.2) is 4.96 Å². The van der Waals surface area contributed by atoms with Gasteiger partial charge in [0.1, 0.15) is 0 Å². The van der Waals surface area contributed by atoms with E-state index in [1.165, 1.54) is 11.3 Å². The second kappa shape index (κ2) is 5.07. The van der Waals surface area contributed by atoms with Crippen LogP contribution in [-0.4, -0.2) is 27.0 Å². The first kappa shape index (κ1) is 13.0. The van der Waals surface area contributed by atoms with Gasteiger partial charge in [0.25, 0.3) is 0 Å². The maximum Gasteiger partial charge on any atom is 0.311 e. The van der Waals surface area contributed by atoms with E-state index in [9.17, 15) is 9.90 Å². The van der Waals surface area contributed by atoms with Crippen LogP contribution in [0, 0.1) is 5.41 Å². The Labute approximate surface area is 109 Å². The summed E-state index contributed by atoms with van der Waals surface area (Å²) in [5.41, 5.74) is 5.60. The number of hydrogen-bond donors (Lipinski definition) is 2. The summed E-state index contributed by atoms with van der Waals surface area (Å²) in [4.78, 5) is 16.8. The molecule has 0 saturated carbocycles. The van der Waals surface area contributed by atoms with Crippen LogP contribution in [0.15, 0.2) is 17.8 Å². The molecule has 18 heavy (non-hydrogen) atoms. The summed E-state index contributed by atoms with van der Waals surface area (Å²) in [6, 6.07) is 0. The van der Waals surface area contributed by atoms with Crippen LogP contribution in [0.3, 0.4) is 0 Å². The minimum Gasteiger partial charge on any atom is -0.481 e. The van der Waals surface area contributed by atoms with Crippen LogP contribution in [0.2, 0.25) is 0 Å². The Morgan fingerprint density at radius 1 is 1.67 bits per heavy atom. The molecule has 0 aliphatic carbocycles. The quantitative estimate of drug-likeness (QED) is 0.835. The number of aliphatic carboxylic acids is 1. The average molecular weight is 267 g/mol. The summed E-state index contributed by atoms with van der Waals surface area (Å²) >= 11 is 1.54. The van der Waals surface area contributed by atoms with E-state index in [1.54, 1.807) is 0 Å². The first-order valence-corrected chi connectivity index (χ1v) is 6.84. The molecule has 3 N–H and O–H groups in total. The third-order valence-corrected chi connectivity index (χ3v) is 4.01. The fraction of sp³-hybridized carbons (Fsp3) is 0.500. The number of carboxylic acid groups (broad SMARTS) is 1. The molecule has 1 atom stereocenters. The van der Waals surface area contributed by atoms with E-state index in [4.69, 9.17) is 5.73 Å². The van der Waals surface area contributed by atoms with Crippen LogP contribution < -0.4 is 5.73 Å². The van der Waals surface area contributed by atoms with Gasteiger partial charge < -0.3 is 10.8 Å². The zero-order chi connectivity index (χ0) is 13.2. The van der Waals surface area contributed by atoms with Gasteiger partial charge in [-0.05, 0) is 6.42 Å². The van der Waals surface area contributed by atoms with Gasteiger partial charge >= 0.3 is 5.97 Å². The molecule has 2 aromatic rings. The molecule has 2 heterocycles. The molecule has 2 rings (SSSR count). The molecule has 0 amide bonds. The van der Waals surface area contributed by atoms with Crippen molar-refractivity contribution in [3.8, 4) is 0 Å². The number of hydrogen-bond acceptors (Lipinski definition) is 4. The topological polar surface area (TPSA) is 80.6 Å². The second-order valence-electron chi connectivity index (χ2n) is 4.54. The van der Waals surface area contributed by atoms with Crippen LogP contribution in [0.5, 0.6) is 0 Å². The molecule has 0 spiro atoms. The smallest absolute Gasteiger partial charge is 0.311 e. The molecule has 0 radical (unpaired) electrons. The summed E-state index contributed by atoms with van der Waals surface area (Å²) in [5, 5.41) is 11.4. The molecule has 6 heteroatoms. The molecule has 98 valence electrons. The zero-order valence-corrected chi connectivity index (χ0v) is 11.1. The highest BCUT2D eigenvalue weighted by Gasteiger charge is 2.37. The van der Waals surface area contributed by atoms with Crippen molar-refractivity contribution in [1.29, 1.82) is 0 Å². The molecule has 0 saturated heterocycles. The molecule has 1 unspecified atom stereocenters. The summed E-state index contributed by atoms with van der Waals surface area (Å²) in [6.07, 6.45) is 5.56. The number of rotatable bonds is 6. The lowest BCUT2D eigenvalue weighted by atomic mass is 9.79. The van der Waals surface area contributed by atoms with Crippen LogP contribution in [0.4, 0.5) is 0 Å². The molecule has 2 aromatic heterocycles. The fourth-order valence-electron chi connectivity index (χ4n) is 2.22. The minimum absolute atomic E-state index is 0.140. The van der Waals surface area contributed by atoms with Crippen LogP contribution >= 0.6 is 11.3 Å². The Morgan fingerprint density at radius 2 is 2.44 bits per heavy atom. The van der Waals surface area contributed by atoms with Gasteiger partial charge in [-0.3, -0.25) is 9.20 Å². The van der Waals surface area contributed by atoms with Gasteiger partial charge in [-0.25, -0.2) is 4.98 Å². The van der Waals surface area contributed by atoms with Gasteiger partial charge in [0, 0.05) is 30.7 Å². The predicted octanol–water partition coefficient (Wildman–Crippen LogP) is 1.77. The number of nitrogens with zero attached hydrogens (tertiary/aromatic N) is 2. The van der Waals surface area contributed by atoms with E-state index in [0.29, 0.717) is 12.8 Å². The Balaban J connectivity index is 2.27. The molecular formula is C12H17N3O2S. The highest BCUT2D eigenvalue weighted by atomic mass is 32.1. The van der Waals surface area contributed by atoms with Gasteiger partial charge in [0.05, 0.1) is 11.1 Å². The normalized spacial score (nSPS) is 14.8. The lowest BCUT2D eigenvalue weighted by Gasteiger charge is -2.26. The molecule has 0 aliphatic rings. The number of nitrogens with two attached hydrogens (primary N) is 1. The summed E-state index contributed by atoms with van der Waals surface area (Å²) in [6.45, 7) is 2.11. The molecule has 0 aromatic carbocycles. The lowest BCUT2D eigenvalue weighted by molar-refractivity contribution is -0.148. The summed E-state index contributed by atoms with van der Waals surface area (Å²) < 4.78 is 1.91. The molecule has 5 nitrogen and oxygen atoms in total. The third-order valence-electron chi connectivity index (χ3n) is 3.24. The van der Waals surface area contributed by atoms with Gasteiger partial charge in [-0.15, -0.1) is 11.3 Å². The van der Waals surface area contributed by atoms with Gasteiger partial charge in [-0.1, -0.05) is 13.3 Å². The maximum absolute atomic E-state index is 11.5. The van der Waals surface area contributed by atoms with E-state index in [1.807, 2.05) is 29.1 Å². The second-order valence-corrected chi connectivity index (χ2v) is 5.41. The number of imidazole rings is 1. The van der Waals surface area contributed by atoms with E-state index in [-0.39, 0.29) is 6.54 Å². The van der Waals surface area contributed by atoms with E-state index in [0.717, 1.165) is 17.1 Å². The largest absolute Gasteiger partial charge is 0.481 e. The minimum atomic E-state index is -0.890. The van der Waals surface area contributed by atoms with E-state index < -0.39 is 11.4 Å². The van der Waals surface area contributed by atoms with Crippen molar-refractivity contribution in [2.24, 2.45) is 11.1 Å². The summed E-state index contributed by atoms with van der Waals surface area (Å²) in [7, 11) is 0. The zero-order valence-electron chi connectivity index (χ0n) is 10.3. The monoisotopic (exact) mass is 267 g/mol. The Hall–Kier alpha value is -1.40. The summed E-state index contributed by atoms with van der Waals surface area (Å²) in [5.74, 6) is -0.830. The van der Waals surface area contributed by atoms with Crippen LogP contribution in [-0.2, 0) is 11.2 Å². The first-order valence-electron chi connectivity index (χ1n) is 5.96. The SMILES string of the molecule is CCCC(CN)(Cc1cn2ccsc2n1)C(=O)O. The number of fused-ring (bicyclic) bond motifs is 1. The number of aromatic nitrogens is 2. The van der Waals surface area contributed by atoms with Crippen LogP contribution in [0.25, 0.3) is 4.96 Å². The third kappa shape index (κ3) is 2.26. The van der Waals surface area contributed by atoms with Crippen molar-refractivity contribution >= 4 is 22.3 Å². The maximum atomic E-state index is 11.5. The van der Waals surface area contributed by atoms with Crippen molar-refractivity contribution in [2.75, 3.05) is 6.54 Å². The Morgan fingerprint density at radius 3 is 3.00 bits per heavy atom. The fourth-order valence-corrected chi connectivity index (χ4v) is 2.94. The molecule has 0 fully saturated rings. The standard InChI is InChI=1S/C12H17N3O2S/c1-2-3-12(8-13,10(16)17)6-9-7-15-4-5-18-11(15)14-9/h4-5,7H,2-3,6,8,13H2,1H3,(H,16,17). The molecule has 0 aliphatic heterocycles. The van der Waals surface area contributed by atoms with Crippen molar-refractivity contribution in [1.82, 2.24) is 9.38 Å². The van der Waals surface area contributed by atoms with Crippen LogP contribution in [0.1, 0.15) is 25.5 Å². The van der Waals surface area contributed by atoms with E-state index in [2.05, 4.69) is 4.98 Å². The number of carbonyl (C=O) groups is 1. The highest BCUT2D eigenvalue weighted by Crippen LogP contribution is 2.28. The molecular weight excluding hydrogens is 250 g/mol. The van der Waals surface area contributed by atoms with Crippen molar-refractivity contribution in [2.45, 2.75) is 26.2 Å².